The van der Waals surface area contributed by atoms with Gasteiger partial charge in [0.25, 0.3) is 5.56 Å². The first-order chi connectivity index (χ1) is 16.9. The lowest BCUT2D eigenvalue weighted by molar-refractivity contribution is 0.00454. The van der Waals surface area contributed by atoms with Gasteiger partial charge in [-0.15, -0.1) is 0 Å². The number of halogens is 2. The summed E-state index contributed by atoms with van der Waals surface area (Å²) in [7, 11) is 0. The molecule has 35 heavy (non-hydrogen) atoms. The predicted octanol–water partition coefficient (Wildman–Crippen LogP) is 4.82. The van der Waals surface area contributed by atoms with Crippen molar-refractivity contribution in [3.05, 3.63) is 81.3 Å². The van der Waals surface area contributed by atoms with Crippen LogP contribution in [-0.4, -0.2) is 30.8 Å². The van der Waals surface area contributed by atoms with Crippen LogP contribution in [0.3, 0.4) is 0 Å². The van der Waals surface area contributed by atoms with E-state index in [0.717, 1.165) is 24.5 Å². The van der Waals surface area contributed by atoms with Crippen molar-refractivity contribution >= 4 is 5.65 Å². The first-order valence-corrected chi connectivity index (χ1v) is 11.9. The summed E-state index contributed by atoms with van der Waals surface area (Å²) < 4.78 is 38.0. The summed E-state index contributed by atoms with van der Waals surface area (Å²) in [4.78, 5) is 22.5. The Morgan fingerprint density at radius 1 is 1.09 bits per heavy atom. The summed E-state index contributed by atoms with van der Waals surface area (Å²) in [5.74, 6) is -1.44. The zero-order valence-corrected chi connectivity index (χ0v) is 19.5. The second-order valence-electron chi connectivity index (χ2n) is 9.53. The van der Waals surface area contributed by atoms with E-state index in [4.69, 9.17) is 9.72 Å². The zero-order valence-electron chi connectivity index (χ0n) is 19.5. The number of aryl methyl sites for hydroxylation is 1. The summed E-state index contributed by atoms with van der Waals surface area (Å²) in [5, 5.41) is 4.49. The molecule has 0 spiro atoms. The van der Waals surface area contributed by atoms with Crippen molar-refractivity contribution in [3.63, 3.8) is 0 Å². The number of rotatable bonds is 4. The van der Waals surface area contributed by atoms with E-state index >= 15 is 0 Å². The first kappa shape index (κ1) is 22.0. The van der Waals surface area contributed by atoms with Crippen LogP contribution in [0.25, 0.3) is 16.9 Å². The van der Waals surface area contributed by atoms with Crippen LogP contribution >= 0.6 is 0 Å². The highest BCUT2D eigenvalue weighted by Crippen LogP contribution is 2.40. The third-order valence-electron chi connectivity index (χ3n) is 7.10. The third-order valence-corrected chi connectivity index (χ3v) is 7.10. The topological polar surface area (TPSA) is 74.3 Å². The van der Waals surface area contributed by atoms with Crippen molar-refractivity contribution in [1.82, 2.24) is 24.1 Å². The van der Waals surface area contributed by atoms with E-state index in [0.29, 0.717) is 42.4 Å². The molecule has 4 heterocycles. The molecule has 6 rings (SSSR count). The standard InChI is InChI=1S/C26H25F2N5O2/c1-14-15(2)30-25-24(20-6-3-18(27)10-21(20)28)31-22(13-32(25)26(14)34)16-7-8-35-23(9-16)17-11-29-33(12-17)19-4-5-19/h3,6,10-13,16,19,23H,4-5,7-9H2,1-2H3/t16-,23+/m1/s1. The molecule has 2 fully saturated rings. The second kappa shape index (κ2) is 8.34. The molecular formula is C26H25F2N5O2. The van der Waals surface area contributed by atoms with Crippen LogP contribution in [0.15, 0.2) is 41.6 Å². The number of nitrogens with zero attached hydrogens (tertiary/aromatic N) is 5. The molecule has 1 aliphatic heterocycles. The van der Waals surface area contributed by atoms with Gasteiger partial charge in [0.1, 0.15) is 17.3 Å². The molecule has 1 aliphatic carbocycles. The van der Waals surface area contributed by atoms with Gasteiger partial charge < -0.3 is 4.74 Å². The van der Waals surface area contributed by atoms with Crippen molar-refractivity contribution in [3.8, 4) is 11.3 Å². The summed E-state index contributed by atoms with van der Waals surface area (Å²) in [6.45, 7) is 3.99. The molecule has 0 N–H and O–H groups in total. The normalized spacial score (nSPS) is 20.5. The van der Waals surface area contributed by atoms with E-state index in [1.807, 2.05) is 10.9 Å². The van der Waals surface area contributed by atoms with Crippen LogP contribution in [-0.2, 0) is 4.74 Å². The number of aromatic nitrogens is 5. The molecule has 9 heteroatoms. The Hall–Kier alpha value is -3.46. The maximum atomic E-state index is 14.8. The highest BCUT2D eigenvalue weighted by Gasteiger charge is 2.30. The number of fused-ring (bicyclic) bond motifs is 1. The van der Waals surface area contributed by atoms with Gasteiger partial charge in [-0.2, -0.15) is 5.10 Å². The molecule has 2 aliphatic rings. The zero-order chi connectivity index (χ0) is 24.3. The van der Waals surface area contributed by atoms with Gasteiger partial charge in [0.2, 0.25) is 0 Å². The first-order valence-electron chi connectivity index (χ1n) is 11.9. The maximum absolute atomic E-state index is 14.8. The fourth-order valence-electron chi connectivity index (χ4n) is 4.77. The molecule has 0 bridgehead atoms. The van der Waals surface area contributed by atoms with E-state index in [1.165, 1.54) is 16.5 Å². The number of hydrogen-bond donors (Lipinski definition) is 0. The Morgan fingerprint density at radius 2 is 1.91 bits per heavy atom. The Kier molecular flexibility index (Phi) is 5.25. The van der Waals surface area contributed by atoms with Crippen LogP contribution in [0.2, 0.25) is 0 Å². The lowest BCUT2D eigenvalue weighted by Gasteiger charge is -2.29. The average Bonchev–Trinajstić information content (AvgIpc) is 3.59. The van der Waals surface area contributed by atoms with Crippen molar-refractivity contribution in [1.29, 1.82) is 0 Å². The quantitative estimate of drug-likeness (QED) is 0.421. The average molecular weight is 478 g/mol. The second-order valence-corrected chi connectivity index (χ2v) is 9.53. The van der Waals surface area contributed by atoms with Crippen LogP contribution < -0.4 is 5.56 Å². The molecular weight excluding hydrogens is 452 g/mol. The van der Waals surface area contributed by atoms with Crippen molar-refractivity contribution < 1.29 is 13.5 Å². The molecule has 0 amide bonds. The fraction of sp³-hybridized carbons (Fsp3) is 0.385. The Balaban J connectivity index is 1.45. The van der Waals surface area contributed by atoms with Gasteiger partial charge in [-0.05, 0) is 51.7 Å². The minimum atomic E-state index is -0.749. The van der Waals surface area contributed by atoms with Crippen LogP contribution in [0.4, 0.5) is 8.78 Å². The van der Waals surface area contributed by atoms with Crippen molar-refractivity contribution in [2.24, 2.45) is 0 Å². The van der Waals surface area contributed by atoms with Crippen LogP contribution in [0, 0.1) is 25.5 Å². The molecule has 4 aromatic rings. The molecule has 3 aromatic heterocycles. The predicted molar refractivity (Wildman–Crippen MR) is 125 cm³/mol. The van der Waals surface area contributed by atoms with Gasteiger partial charge in [-0.1, -0.05) is 0 Å². The van der Waals surface area contributed by atoms with Crippen LogP contribution in [0.1, 0.15) is 66.3 Å². The molecule has 7 nitrogen and oxygen atoms in total. The molecule has 1 saturated carbocycles. The summed E-state index contributed by atoms with van der Waals surface area (Å²) >= 11 is 0. The molecule has 1 aromatic carbocycles. The minimum absolute atomic E-state index is 0.0156. The largest absolute Gasteiger partial charge is 0.373 e. The van der Waals surface area contributed by atoms with Crippen LogP contribution in [0.5, 0.6) is 0 Å². The Labute approximate surface area is 200 Å². The van der Waals surface area contributed by atoms with Gasteiger partial charge in [0.15, 0.2) is 5.65 Å². The molecule has 2 atom stereocenters. The highest BCUT2D eigenvalue weighted by atomic mass is 19.1. The van der Waals surface area contributed by atoms with E-state index in [2.05, 4.69) is 16.3 Å². The summed E-state index contributed by atoms with van der Waals surface area (Å²) in [5.41, 5.74) is 3.11. The van der Waals surface area contributed by atoms with E-state index in [-0.39, 0.29) is 34.5 Å². The smallest absolute Gasteiger partial charge is 0.261 e. The molecule has 0 radical (unpaired) electrons. The van der Waals surface area contributed by atoms with Gasteiger partial charge in [0, 0.05) is 53.4 Å². The number of benzene rings is 1. The van der Waals surface area contributed by atoms with Gasteiger partial charge in [0.05, 0.1) is 24.0 Å². The molecule has 0 unspecified atom stereocenters. The van der Waals surface area contributed by atoms with Gasteiger partial charge in [-0.25, -0.2) is 18.7 Å². The lowest BCUT2D eigenvalue weighted by Crippen LogP contribution is -2.24. The van der Waals surface area contributed by atoms with E-state index < -0.39 is 11.6 Å². The van der Waals surface area contributed by atoms with E-state index in [1.54, 1.807) is 20.0 Å². The Morgan fingerprint density at radius 3 is 2.69 bits per heavy atom. The molecule has 180 valence electrons. The van der Waals surface area contributed by atoms with Gasteiger partial charge in [-0.3, -0.25) is 13.9 Å². The monoisotopic (exact) mass is 477 g/mol. The maximum Gasteiger partial charge on any atom is 0.261 e. The van der Waals surface area contributed by atoms with Crippen molar-refractivity contribution in [2.75, 3.05) is 6.61 Å². The van der Waals surface area contributed by atoms with Gasteiger partial charge >= 0.3 is 0 Å². The summed E-state index contributed by atoms with van der Waals surface area (Å²) in [6.07, 6.45) is 9.16. The minimum Gasteiger partial charge on any atom is -0.373 e. The SMILES string of the molecule is Cc1nc2c(-c3ccc(F)cc3F)nc([C@@H]3CCO[C@H](c4cnn(C5CC5)c4)C3)cn2c(=O)c1C. The lowest BCUT2D eigenvalue weighted by atomic mass is 9.90. The Bertz CT molecular complexity index is 1510. The summed E-state index contributed by atoms with van der Waals surface area (Å²) in [6, 6.07) is 3.84. The highest BCUT2D eigenvalue weighted by molar-refractivity contribution is 5.74. The fourth-order valence-corrected chi connectivity index (χ4v) is 4.77. The number of hydrogen-bond acceptors (Lipinski definition) is 5. The number of ether oxygens (including phenoxy) is 1. The van der Waals surface area contributed by atoms with E-state index in [9.17, 15) is 13.6 Å². The van der Waals surface area contributed by atoms with Crippen molar-refractivity contribution in [2.45, 2.75) is 57.6 Å². The third kappa shape index (κ3) is 3.93. The molecule has 1 saturated heterocycles.